The molecule has 1 unspecified atom stereocenters. The second kappa shape index (κ2) is 4.65. The Labute approximate surface area is 84.4 Å². The van der Waals surface area contributed by atoms with Crippen LogP contribution in [0, 0.1) is 18.3 Å². The molecule has 0 fully saturated rings. The monoisotopic (exact) mass is 192 g/mol. The molecule has 1 rings (SSSR count). The Kier molecular flexibility index (Phi) is 3.51. The number of benzene rings is 1. The molecule has 0 aliphatic rings. The normalized spacial score (nSPS) is 12.1. The number of amidine groups is 1. The summed E-state index contributed by atoms with van der Waals surface area (Å²) >= 11 is 0. The minimum Gasteiger partial charge on any atom is -0.493 e. The summed E-state index contributed by atoms with van der Waals surface area (Å²) in [6.07, 6.45) is 0. The van der Waals surface area contributed by atoms with Gasteiger partial charge >= 0.3 is 0 Å². The van der Waals surface area contributed by atoms with E-state index >= 15 is 0 Å². The molecule has 14 heavy (non-hydrogen) atoms. The van der Waals surface area contributed by atoms with Crippen molar-refractivity contribution < 1.29 is 4.74 Å². The lowest BCUT2D eigenvalue weighted by Gasteiger charge is -2.11. The van der Waals surface area contributed by atoms with E-state index in [-0.39, 0.29) is 11.8 Å². The van der Waals surface area contributed by atoms with Gasteiger partial charge in [0.15, 0.2) is 0 Å². The summed E-state index contributed by atoms with van der Waals surface area (Å²) in [6.45, 7) is 4.35. The average molecular weight is 192 g/mol. The number of nitrogens with one attached hydrogen (secondary N) is 1. The van der Waals surface area contributed by atoms with Crippen molar-refractivity contribution in [2.24, 2.45) is 11.7 Å². The summed E-state index contributed by atoms with van der Waals surface area (Å²) in [4.78, 5) is 0. The summed E-state index contributed by atoms with van der Waals surface area (Å²) in [5, 5.41) is 7.21. The minimum absolute atomic E-state index is 0.0319. The predicted octanol–water partition coefficient (Wildman–Crippen LogP) is 1.95. The first-order chi connectivity index (χ1) is 6.59. The van der Waals surface area contributed by atoms with Crippen LogP contribution >= 0.6 is 0 Å². The molecule has 3 N–H and O–H groups in total. The van der Waals surface area contributed by atoms with Gasteiger partial charge in [-0.2, -0.15) is 0 Å². The van der Waals surface area contributed by atoms with Crippen LogP contribution in [0.15, 0.2) is 24.3 Å². The standard InChI is InChI=1S/C11H16N2O/c1-8-4-3-5-10(6-8)14-7-9(2)11(12)13/h3-6,9H,7H2,1-2H3,(H3,12,13). The van der Waals surface area contributed by atoms with Gasteiger partial charge in [0.2, 0.25) is 0 Å². The number of ether oxygens (including phenoxy) is 1. The Hall–Kier alpha value is -1.51. The first-order valence-corrected chi connectivity index (χ1v) is 4.63. The molecule has 0 aliphatic heterocycles. The maximum atomic E-state index is 7.21. The number of aryl methyl sites for hydroxylation is 1. The Morgan fingerprint density at radius 2 is 2.29 bits per heavy atom. The average Bonchev–Trinajstić information content (AvgIpc) is 2.14. The van der Waals surface area contributed by atoms with Crippen molar-refractivity contribution in [1.29, 1.82) is 5.41 Å². The lowest BCUT2D eigenvalue weighted by atomic mass is 10.2. The van der Waals surface area contributed by atoms with Crippen molar-refractivity contribution >= 4 is 5.84 Å². The molecule has 0 spiro atoms. The first kappa shape index (κ1) is 10.6. The van der Waals surface area contributed by atoms with Gasteiger partial charge in [0.25, 0.3) is 0 Å². The van der Waals surface area contributed by atoms with Gasteiger partial charge in [-0.05, 0) is 24.6 Å². The fourth-order valence-corrected chi connectivity index (χ4v) is 1.02. The Morgan fingerprint density at radius 3 is 2.86 bits per heavy atom. The summed E-state index contributed by atoms with van der Waals surface area (Å²) in [5.41, 5.74) is 6.50. The lowest BCUT2D eigenvalue weighted by Crippen LogP contribution is -2.25. The van der Waals surface area contributed by atoms with E-state index in [4.69, 9.17) is 15.9 Å². The van der Waals surface area contributed by atoms with Crippen LogP contribution in [0.25, 0.3) is 0 Å². The van der Waals surface area contributed by atoms with Crippen LogP contribution in [0.1, 0.15) is 12.5 Å². The van der Waals surface area contributed by atoms with Gasteiger partial charge in [-0.3, -0.25) is 5.41 Å². The van der Waals surface area contributed by atoms with Crippen LogP contribution < -0.4 is 10.5 Å². The molecule has 0 bridgehead atoms. The number of hydrogen-bond acceptors (Lipinski definition) is 2. The topological polar surface area (TPSA) is 59.1 Å². The van der Waals surface area contributed by atoms with Crippen molar-refractivity contribution in [2.45, 2.75) is 13.8 Å². The van der Waals surface area contributed by atoms with Gasteiger partial charge < -0.3 is 10.5 Å². The molecule has 0 saturated heterocycles. The van der Waals surface area contributed by atoms with E-state index in [2.05, 4.69) is 0 Å². The summed E-state index contributed by atoms with van der Waals surface area (Å²) < 4.78 is 5.49. The molecule has 76 valence electrons. The van der Waals surface area contributed by atoms with Gasteiger partial charge in [-0.1, -0.05) is 19.1 Å². The number of rotatable bonds is 4. The molecule has 0 heterocycles. The zero-order valence-corrected chi connectivity index (χ0v) is 8.58. The Balaban J connectivity index is 2.49. The van der Waals surface area contributed by atoms with Gasteiger partial charge in [-0.15, -0.1) is 0 Å². The molecule has 0 aromatic heterocycles. The fraction of sp³-hybridized carbons (Fsp3) is 0.364. The smallest absolute Gasteiger partial charge is 0.119 e. The quantitative estimate of drug-likeness (QED) is 0.565. The van der Waals surface area contributed by atoms with E-state index in [1.165, 1.54) is 0 Å². The second-order valence-corrected chi connectivity index (χ2v) is 3.48. The van der Waals surface area contributed by atoms with Crippen molar-refractivity contribution in [3.63, 3.8) is 0 Å². The highest BCUT2D eigenvalue weighted by Gasteiger charge is 2.05. The van der Waals surface area contributed by atoms with Crippen LogP contribution in [0.5, 0.6) is 5.75 Å². The van der Waals surface area contributed by atoms with Crippen LogP contribution in [0.3, 0.4) is 0 Å². The van der Waals surface area contributed by atoms with E-state index < -0.39 is 0 Å². The maximum Gasteiger partial charge on any atom is 0.119 e. The molecule has 1 aromatic rings. The van der Waals surface area contributed by atoms with Crippen molar-refractivity contribution in [2.75, 3.05) is 6.61 Å². The van der Waals surface area contributed by atoms with Gasteiger partial charge in [0, 0.05) is 5.92 Å². The SMILES string of the molecule is Cc1cccc(OCC(C)C(=N)N)c1. The van der Waals surface area contributed by atoms with Crippen molar-refractivity contribution in [1.82, 2.24) is 0 Å². The highest BCUT2D eigenvalue weighted by molar-refractivity contribution is 5.79. The molecular weight excluding hydrogens is 176 g/mol. The zero-order chi connectivity index (χ0) is 10.6. The van der Waals surface area contributed by atoms with E-state index in [0.717, 1.165) is 11.3 Å². The molecule has 0 saturated carbocycles. The third-order valence-electron chi connectivity index (χ3n) is 2.02. The molecule has 0 radical (unpaired) electrons. The number of hydrogen-bond donors (Lipinski definition) is 2. The van der Waals surface area contributed by atoms with Crippen molar-refractivity contribution in [3.05, 3.63) is 29.8 Å². The molecule has 0 aliphatic carbocycles. The molecular formula is C11H16N2O. The minimum atomic E-state index is -0.0319. The zero-order valence-electron chi connectivity index (χ0n) is 8.58. The Bertz CT molecular complexity index is 323. The van der Waals surface area contributed by atoms with E-state index in [1.54, 1.807) is 0 Å². The van der Waals surface area contributed by atoms with Gasteiger partial charge in [0.05, 0.1) is 12.4 Å². The van der Waals surface area contributed by atoms with E-state index in [0.29, 0.717) is 6.61 Å². The van der Waals surface area contributed by atoms with Crippen LogP contribution in [0.4, 0.5) is 0 Å². The number of nitrogens with two attached hydrogens (primary N) is 1. The Morgan fingerprint density at radius 1 is 1.57 bits per heavy atom. The largest absolute Gasteiger partial charge is 0.493 e. The predicted molar refractivity (Wildman–Crippen MR) is 57.8 cm³/mol. The van der Waals surface area contributed by atoms with Crippen LogP contribution in [-0.4, -0.2) is 12.4 Å². The summed E-state index contributed by atoms with van der Waals surface area (Å²) in [6, 6.07) is 7.83. The van der Waals surface area contributed by atoms with Crippen molar-refractivity contribution in [3.8, 4) is 5.75 Å². The summed E-state index contributed by atoms with van der Waals surface area (Å²) in [7, 11) is 0. The molecule has 1 atom stereocenters. The second-order valence-electron chi connectivity index (χ2n) is 3.48. The third kappa shape index (κ3) is 3.09. The first-order valence-electron chi connectivity index (χ1n) is 4.63. The van der Waals surface area contributed by atoms with Crippen LogP contribution in [-0.2, 0) is 0 Å². The van der Waals surface area contributed by atoms with E-state index in [1.807, 2.05) is 38.1 Å². The molecule has 3 heteroatoms. The van der Waals surface area contributed by atoms with Crippen LogP contribution in [0.2, 0.25) is 0 Å². The van der Waals surface area contributed by atoms with Gasteiger partial charge in [0.1, 0.15) is 5.75 Å². The lowest BCUT2D eigenvalue weighted by molar-refractivity contribution is 0.291. The highest BCUT2D eigenvalue weighted by atomic mass is 16.5. The maximum absolute atomic E-state index is 7.21. The van der Waals surface area contributed by atoms with E-state index in [9.17, 15) is 0 Å². The molecule has 3 nitrogen and oxygen atoms in total. The molecule has 1 aromatic carbocycles. The summed E-state index contributed by atoms with van der Waals surface area (Å²) in [5.74, 6) is 0.964. The fourth-order valence-electron chi connectivity index (χ4n) is 1.02. The highest BCUT2D eigenvalue weighted by Crippen LogP contribution is 2.13. The molecule has 0 amide bonds. The van der Waals surface area contributed by atoms with Gasteiger partial charge in [-0.25, -0.2) is 0 Å². The third-order valence-corrected chi connectivity index (χ3v) is 2.02.